The molecule has 1 unspecified atom stereocenters. The van der Waals surface area contributed by atoms with Crippen molar-refractivity contribution in [3.63, 3.8) is 0 Å². The standard InChI is InChI=1S/C25H29N5O2/c1-26-25(32)19-14-20(17-10-11-17)27-24-22(19)23(28-29(24)2)18-9-6-12-30(15-18)21(31)13-16-7-4-3-5-8-16/h3-5,7-8,14,17-18H,6,9-13,15H2,1-2H3,(H,26,32). The molecule has 1 aliphatic heterocycles. The third-order valence-corrected chi connectivity index (χ3v) is 6.67. The number of aryl methyl sites for hydroxylation is 1. The van der Waals surface area contributed by atoms with Crippen molar-refractivity contribution in [2.45, 2.75) is 43.9 Å². The highest BCUT2D eigenvalue weighted by molar-refractivity contribution is 6.06. The lowest BCUT2D eigenvalue weighted by molar-refractivity contribution is -0.131. The van der Waals surface area contributed by atoms with Crippen LogP contribution in [0.5, 0.6) is 0 Å². The van der Waals surface area contributed by atoms with Gasteiger partial charge in [-0.3, -0.25) is 14.3 Å². The summed E-state index contributed by atoms with van der Waals surface area (Å²) in [5, 5.41) is 8.44. The minimum atomic E-state index is -0.110. The van der Waals surface area contributed by atoms with Gasteiger partial charge in [-0.25, -0.2) is 4.98 Å². The average molecular weight is 432 g/mol. The Morgan fingerprint density at radius 1 is 1.12 bits per heavy atom. The molecule has 2 fully saturated rings. The number of nitrogens with zero attached hydrogens (tertiary/aromatic N) is 4. The number of amides is 2. The number of rotatable bonds is 5. The highest BCUT2D eigenvalue weighted by atomic mass is 16.2. The van der Waals surface area contributed by atoms with Gasteiger partial charge in [-0.05, 0) is 37.3 Å². The van der Waals surface area contributed by atoms with Crippen LogP contribution in [0.4, 0.5) is 0 Å². The SMILES string of the molecule is CNC(=O)c1cc(C2CC2)nc2c1c(C1CCCN(C(=O)Cc3ccccc3)C1)nn2C. The lowest BCUT2D eigenvalue weighted by Crippen LogP contribution is -2.40. The Balaban J connectivity index is 1.47. The van der Waals surface area contributed by atoms with Gasteiger partial charge in [-0.15, -0.1) is 0 Å². The quantitative estimate of drug-likeness (QED) is 0.673. The smallest absolute Gasteiger partial charge is 0.251 e. The van der Waals surface area contributed by atoms with Gasteiger partial charge in [0.25, 0.3) is 5.91 Å². The molecule has 1 aliphatic carbocycles. The van der Waals surface area contributed by atoms with Crippen LogP contribution < -0.4 is 5.32 Å². The maximum Gasteiger partial charge on any atom is 0.251 e. The number of carbonyl (C=O) groups excluding carboxylic acids is 2. The molecule has 1 saturated carbocycles. The molecule has 32 heavy (non-hydrogen) atoms. The topological polar surface area (TPSA) is 80.1 Å². The zero-order chi connectivity index (χ0) is 22.2. The number of benzene rings is 1. The number of hydrogen-bond acceptors (Lipinski definition) is 4. The van der Waals surface area contributed by atoms with Crippen LogP contribution in [0.25, 0.3) is 11.0 Å². The Labute approximate surface area is 187 Å². The predicted octanol–water partition coefficient (Wildman–Crippen LogP) is 3.15. The summed E-state index contributed by atoms with van der Waals surface area (Å²) >= 11 is 0. The number of fused-ring (bicyclic) bond motifs is 1. The van der Waals surface area contributed by atoms with Gasteiger partial charge in [0.05, 0.1) is 23.1 Å². The number of hydrogen-bond donors (Lipinski definition) is 1. The summed E-state index contributed by atoms with van der Waals surface area (Å²) in [6.45, 7) is 1.38. The summed E-state index contributed by atoms with van der Waals surface area (Å²) in [4.78, 5) is 32.6. The van der Waals surface area contributed by atoms with E-state index < -0.39 is 0 Å². The van der Waals surface area contributed by atoms with Crippen LogP contribution >= 0.6 is 0 Å². The molecule has 2 aromatic heterocycles. The second-order valence-electron chi connectivity index (χ2n) is 9.00. The van der Waals surface area contributed by atoms with Gasteiger partial charge in [0.1, 0.15) is 0 Å². The van der Waals surface area contributed by atoms with Crippen molar-refractivity contribution >= 4 is 22.8 Å². The molecule has 3 aromatic rings. The number of nitrogens with one attached hydrogen (secondary N) is 1. The fourth-order valence-corrected chi connectivity index (χ4v) is 4.79. The van der Waals surface area contributed by atoms with Gasteiger partial charge in [0.2, 0.25) is 5.91 Å². The first-order valence-electron chi connectivity index (χ1n) is 11.5. The number of aromatic nitrogens is 3. The Morgan fingerprint density at radius 3 is 2.62 bits per heavy atom. The third-order valence-electron chi connectivity index (χ3n) is 6.67. The second-order valence-corrected chi connectivity index (χ2v) is 9.00. The van der Waals surface area contributed by atoms with Gasteiger partial charge in [-0.1, -0.05) is 30.3 Å². The van der Waals surface area contributed by atoms with Crippen molar-refractivity contribution in [2.75, 3.05) is 20.1 Å². The molecule has 7 nitrogen and oxygen atoms in total. The molecular weight excluding hydrogens is 402 g/mol. The number of likely N-dealkylation sites (tertiary alicyclic amines) is 1. The van der Waals surface area contributed by atoms with Crippen LogP contribution in [0.1, 0.15) is 64.8 Å². The van der Waals surface area contributed by atoms with Crippen LogP contribution in [-0.4, -0.2) is 51.6 Å². The molecule has 1 saturated heterocycles. The minimum Gasteiger partial charge on any atom is -0.355 e. The normalized spacial score (nSPS) is 18.7. The van der Waals surface area contributed by atoms with Crippen molar-refractivity contribution in [3.8, 4) is 0 Å². The van der Waals surface area contributed by atoms with Gasteiger partial charge in [0, 0.05) is 44.7 Å². The van der Waals surface area contributed by atoms with Gasteiger partial charge >= 0.3 is 0 Å². The van der Waals surface area contributed by atoms with Crippen LogP contribution in [0.3, 0.4) is 0 Å². The zero-order valence-electron chi connectivity index (χ0n) is 18.7. The van der Waals surface area contributed by atoms with E-state index in [4.69, 9.17) is 10.1 Å². The summed E-state index contributed by atoms with van der Waals surface area (Å²) in [7, 11) is 3.55. The van der Waals surface area contributed by atoms with Crippen LogP contribution in [-0.2, 0) is 18.3 Å². The highest BCUT2D eigenvalue weighted by Gasteiger charge is 2.32. The van der Waals surface area contributed by atoms with E-state index in [2.05, 4.69) is 5.32 Å². The molecule has 7 heteroatoms. The summed E-state index contributed by atoms with van der Waals surface area (Å²) < 4.78 is 1.80. The highest BCUT2D eigenvalue weighted by Crippen LogP contribution is 2.41. The molecule has 0 spiro atoms. The Kier molecular flexibility index (Phi) is 5.41. The number of carbonyl (C=O) groups is 2. The largest absolute Gasteiger partial charge is 0.355 e. The molecular formula is C25H29N5O2. The fraction of sp³-hybridized carbons (Fsp3) is 0.440. The molecule has 0 bridgehead atoms. The Bertz CT molecular complexity index is 1170. The lowest BCUT2D eigenvalue weighted by atomic mass is 9.91. The van der Waals surface area contributed by atoms with E-state index in [-0.39, 0.29) is 17.7 Å². The second kappa shape index (κ2) is 8.37. The molecule has 1 N–H and O–H groups in total. The van der Waals surface area contributed by atoms with E-state index in [0.29, 0.717) is 24.4 Å². The molecule has 2 amide bonds. The molecule has 2 aliphatic rings. The minimum absolute atomic E-state index is 0.0872. The Hall–Kier alpha value is -3.22. The molecule has 3 heterocycles. The summed E-state index contributed by atoms with van der Waals surface area (Å²) in [6.07, 6.45) is 4.52. The van der Waals surface area contributed by atoms with E-state index in [0.717, 1.165) is 60.2 Å². The fourth-order valence-electron chi connectivity index (χ4n) is 4.79. The van der Waals surface area contributed by atoms with E-state index in [9.17, 15) is 9.59 Å². The summed E-state index contributed by atoms with van der Waals surface area (Å²) in [5.41, 5.74) is 4.30. The van der Waals surface area contributed by atoms with Crippen molar-refractivity contribution in [1.29, 1.82) is 0 Å². The van der Waals surface area contributed by atoms with Crippen molar-refractivity contribution in [2.24, 2.45) is 7.05 Å². The first-order chi connectivity index (χ1) is 15.5. The van der Waals surface area contributed by atoms with Crippen molar-refractivity contribution in [1.82, 2.24) is 25.0 Å². The average Bonchev–Trinajstić information content (AvgIpc) is 3.62. The maximum absolute atomic E-state index is 13.0. The lowest BCUT2D eigenvalue weighted by Gasteiger charge is -2.32. The van der Waals surface area contributed by atoms with E-state index >= 15 is 0 Å². The van der Waals surface area contributed by atoms with E-state index in [1.54, 1.807) is 11.7 Å². The molecule has 5 rings (SSSR count). The Morgan fingerprint density at radius 2 is 1.91 bits per heavy atom. The first kappa shape index (κ1) is 20.7. The molecule has 0 radical (unpaired) electrons. The van der Waals surface area contributed by atoms with Crippen LogP contribution in [0.15, 0.2) is 36.4 Å². The van der Waals surface area contributed by atoms with Crippen molar-refractivity contribution in [3.05, 3.63) is 58.9 Å². The van der Waals surface area contributed by atoms with Gasteiger partial charge in [0.15, 0.2) is 5.65 Å². The summed E-state index contributed by atoms with van der Waals surface area (Å²) in [5.74, 6) is 0.564. The van der Waals surface area contributed by atoms with E-state index in [1.807, 2.05) is 48.3 Å². The number of piperidine rings is 1. The monoisotopic (exact) mass is 431 g/mol. The number of pyridine rings is 1. The van der Waals surface area contributed by atoms with E-state index in [1.165, 1.54) is 0 Å². The van der Waals surface area contributed by atoms with Crippen molar-refractivity contribution < 1.29 is 9.59 Å². The van der Waals surface area contributed by atoms with Crippen LogP contribution in [0.2, 0.25) is 0 Å². The van der Waals surface area contributed by atoms with Gasteiger partial charge in [-0.2, -0.15) is 5.10 Å². The first-order valence-corrected chi connectivity index (χ1v) is 11.5. The molecule has 1 aromatic carbocycles. The van der Waals surface area contributed by atoms with Crippen LogP contribution in [0, 0.1) is 0 Å². The third kappa shape index (κ3) is 3.87. The summed E-state index contributed by atoms with van der Waals surface area (Å²) in [6, 6.07) is 11.8. The zero-order valence-corrected chi connectivity index (χ0v) is 18.7. The predicted molar refractivity (Wildman–Crippen MR) is 123 cm³/mol. The molecule has 166 valence electrons. The maximum atomic E-state index is 13.0. The van der Waals surface area contributed by atoms with Gasteiger partial charge < -0.3 is 10.2 Å². The molecule has 1 atom stereocenters.